The third-order valence-electron chi connectivity index (χ3n) is 3.02. The van der Waals surface area contributed by atoms with Crippen LogP contribution in [0.5, 0.6) is 0 Å². The lowest BCUT2D eigenvalue weighted by Gasteiger charge is -2.24. The summed E-state index contributed by atoms with van der Waals surface area (Å²) in [6.07, 6.45) is -0.223. The van der Waals surface area contributed by atoms with Gasteiger partial charge in [0.2, 0.25) is 5.91 Å². The van der Waals surface area contributed by atoms with Gasteiger partial charge < -0.3 is 10.0 Å². The van der Waals surface area contributed by atoms with Crippen molar-refractivity contribution in [3.63, 3.8) is 0 Å². The second kappa shape index (κ2) is 8.31. The molecule has 0 saturated heterocycles. The molecule has 0 unspecified atom stereocenters. The first-order valence-corrected chi connectivity index (χ1v) is 9.12. The summed E-state index contributed by atoms with van der Waals surface area (Å²) in [5, 5.41) is 9.15. The molecule has 1 rings (SSSR count). The second-order valence-electron chi connectivity index (χ2n) is 5.59. The molecule has 1 aromatic carbocycles. The van der Waals surface area contributed by atoms with Gasteiger partial charge in [0.1, 0.15) is 5.75 Å². The first kappa shape index (κ1) is 19.4. The van der Waals surface area contributed by atoms with Crippen molar-refractivity contribution in [2.75, 3.05) is 18.8 Å². The summed E-state index contributed by atoms with van der Waals surface area (Å²) in [6.45, 7) is 4.04. The molecule has 1 N–H and O–H groups in total. The summed E-state index contributed by atoms with van der Waals surface area (Å²) in [5.74, 6) is -2.23. The molecule has 8 heteroatoms. The van der Waals surface area contributed by atoms with E-state index in [-0.39, 0.29) is 23.8 Å². The standard InChI is InChI=1S/C15H20ClNO5S/c1-11(2)9-17(8-7-15(19)20)14(18)10-23(21,22)13-5-3-12(16)4-6-13/h3-6,11H,7-10H2,1-2H3,(H,19,20). The lowest BCUT2D eigenvalue weighted by Crippen LogP contribution is -2.39. The van der Waals surface area contributed by atoms with Crippen molar-refractivity contribution in [1.82, 2.24) is 4.90 Å². The van der Waals surface area contributed by atoms with Crippen LogP contribution >= 0.6 is 11.6 Å². The van der Waals surface area contributed by atoms with Crippen LogP contribution in [0.2, 0.25) is 5.02 Å². The van der Waals surface area contributed by atoms with E-state index in [9.17, 15) is 18.0 Å². The van der Waals surface area contributed by atoms with Crippen molar-refractivity contribution in [3.05, 3.63) is 29.3 Å². The van der Waals surface area contributed by atoms with E-state index in [0.29, 0.717) is 11.6 Å². The monoisotopic (exact) mass is 361 g/mol. The highest BCUT2D eigenvalue weighted by atomic mass is 35.5. The Labute approximate surface area is 141 Å². The SMILES string of the molecule is CC(C)CN(CCC(=O)O)C(=O)CS(=O)(=O)c1ccc(Cl)cc1. The van der Waals surface area contributed by atoms with Crippen molar-refractivity contribution < 1.29 is 23.1 Å². The fourth-order valence-corrected chi connectivity index (χ4v) is 3.32. The molecule has 6 nitrogen and oxygen atoms in total. The number of carbonyl (C=O) groups excluding carboxylic acids is 1. The minimum Gasteiger partial charge on any atom is -0.481 e. The quantitative estimate of drug-likeness (QED) is 0.765. The number of hydrogen-bond donors (Lipinski definition) is 1. The van der Waals surface area contributed by atoms with E-state index in [1.807, 2.05) is 13.8 Å². The minimum atomic E-state index is -3.79. The highest BCUT2D eigenvalue weighted by molar-refractivity contribution is 7.92. The molecule has 0 bridgehead atoms. The first-order chi connectivity index (χ1) is 10.6. The summed E-state index contributed by atoms with van der Waals surface area (Å²) >= 11 is 5.72. The summed E-state index contributed by atoms with van der Waals surface area (Å²) < 4.78 is 24.6. The number of aliphatic carboxylic acids is 1. The van der Waals surface area contributed by atoms with Gasteiger partial charge in [0, 0.05) is 18.1 Å². The topological polar surface area (TPSA) is 91.8 Å². The third kappa shape index (κ3) is 6.58. The van der Waals surface area contributed by atoms with E-state index in [1.54, 1.807) is 0 Å². The smallest absolute Gasteiger partial charge is 0.305 e. The Morgan fingerprint density at radius 1 is 1.22 bits per heavy atom. The molecule has 0 aliphatic rings. The van der Waals surface area contributed by atoms with Crippen LogP contribution in [0.1, 0.15) is 20.3 Å². The first-order valence-electron chi connectivity index (χ1n) is 7.09. The molecule has 0 atom stereocenters. The van der Waals surface area contributed by atoms with Crippen molar-refractivity contribution >= 4 is 33.3 Å². The summed E-state index contributed by atoms with van der Waals surface area (Å²) in [6, 6.07) is 5.56. The van der Waals surface area contributed by atoms with E-state index >= 15 is 0 Å². The molecule has 0 spiro atoms. The Morgan fingerprint density at radius 2 is 1.78 bits per heavy atom. The maximum absolute atomic E-state index is 12.3. The van der Waals surface area contributed by atoms with Crippen molar-refractivity contribution in [2.24, 2.45) is 5.92 Å². The normalized spacial score (nSPS) is 11.5. The molecule has 0 radical (unpaired) electrons. The summed E-state index contributed by atoms with van der Waals surface area (Å²) in [7, 11) is -3.79. The molecule has 23 heavy (non-hydrogen) atoms. The number of carboxylic acid groups (broad SMARTS) is 1. The predicted octanol–water partition coefficient (Wildman–Crippen LogP) is 2.07. The molecule has 1 aromatic rings. The van der Waals surface area contributed by atoms with Gasteiger partial charge in [0.05, 0.1) is 11.3 Å². The number of sulfone groups is 1. The van der Waals surface area contributed by atoms with E-state index in [1.165, 1.54) is 29.2 Å². The molecule has 0 aliphatic heterocycles. The van der Waals surface area contributed by atoms with Gasteiger partial charge in [-0.3, -0.25) is 9.59 Å². The molecule has 128 valence electrons. The predicted molar refractivity (Wildman–Crippen MR) is 87.2 cm³/mol. The largest absolute Gasteiger partial charge is 0.481 e. The van der Waals surface area contributed by atoms with Crippen LogP contribution in [0.4, 0.5) is 0 Å². The summed E-state index contributed by atoms with van der Waals surface area (Å²) in [4.78, 5) is 24.3. The van der Waals surface area contributed by atoms with Crippen LogP contribution in [-0.4, -0.2) is 49.1 Å². The maximum atomic E-state index is 12.3. The number of carboxylic acids is 1. The van der Waals surface area contributed by atoms with Gasteiger partial charge in [0.15, 0.2) is 9.84 Å². The molecule has 1 amide bonds. The van der Waals surface area contributed by atoms with Gasteiger partial charge in [0.25, 0.3) is 0 Å². The maximum Gasteiger partial charge on any atom is 0.305 e. The Kier molecular flexibility index (Phi) is 7.02. The molecule has 0 aromatic heterocycles. The Balaban J connectivity index is 2.86. The number of amides is 1. The Bertz CT molecular complexity index is 655. The molecule has 0 aliphatic carbocycles. The number of benzene rings is 1. The highest BCUT2D eigenvalue weighted by Gasteiger charge is 2.24. The van der Waals surface area contributed by atoms with Gasteiger partial charge in [-0.15, -0.1) is 0 Å². The molecule has 0 saturated carbocycles. The van der Waals surface area contributed by atoms with Crippen molar-refractivity contribution in [2.45, 2.75) is 25.2 Å². The summed E-state index contributed by atoms with van der Waals surface area (Å²) in [5.41, 5.74) is 0. The number of hydrogen-bond acceptors (Lipinski definition) is 4. The third-order valence-corrected chi connectivity index (χ3v) is 4.89. The average Bonchev–Trinajstić information content (AvgIpc) is 2.42. The number of nitrogens with zero attached hydrogens (tertiary/aromatic N) is 1. The van der Waals surface area contributed by atoms with Crippen LogP contribution in [0.15, 0.2) is 29.2 Å². The lowest BCUT2D eigenvalue weighted by atomic mass is 10.2. The van der Waals surface area contributed by atoms with Gasteiger partial charge in [-0.1, -0.05) is 25.4 Å². The molecular weight excluding hydrogens is 342 g/mol. The van der Waals surface area contributed by atoms with Gasteiger partial charge in [-0.25, -0.2) is 8.42 Å². The van der Waals surface area contributed by atoms with Crippen LogP contribution < -0.4 is 0 Å². The van der Waals surface area contributed by atoms with Gasteiger partial charge in [-0.05, 0) is 30.2 Å². The second-order valence-corrected chi connectivity index (χ2v) is 8.02. The number of rotatable bonds is 8. The Morgan fingerprint density at radius 3 is 2.26 bits per heavy atom. The van der Waals surface area contributed by atoms with Crippen LogP contribution in [0.3, 0.4) is 0 Å². The van der Waals surface area contributed by atoms with Gasteiger partial charge >= 0.3 is 5.97 Å². The fraction of sp³-hybridized carbons (Fsp3) is 0.467. The van der Waals surface area contributed by atoms with Crippen LogP contribution in [0, 0.1) is 5.92 Å². The molecule has 0 fully saturated rings. The Hall–Kier alpha value is -1.60. The van der Waals surface area contributed by atoms with Crippen LogP contribution in [0.25, 0.3) is 0 Å². The lowest BCUT2D eigenvalue weighted by molar-refractivity contribution is -0.138. The van der Waals surface area contributed by atoms with E-state index < -0.39 is 27.5 Å². The average molecular weight is 362 g/mol. The number of carbonyl (C=O) groups is 2. The minimum absolute atomic E-state index is 0.0114. The van der Waals surface area contributed by atoms with Crippen molar-refractivity contribution in [1.29, 1.82) is 0 Å². The fourth-order valence-electron chi connectivity index (χ4n) is 1.97. The van der Waals surface area contributed by atoms with E-state index in [2.05, 4.69) is 0 Å². The highest BCUT2D eigenvalue weighted by Crippen LogP contribution is 2.16. The zero-order valence-electron chi connectivity index (χ0n) is 13.0. The zero-order chi connectivity index (χ0) is 17.6. The van der Waals surface area contributed by atoms with E-state index in [4.69, 9.17) is 16.7 Å². The van der Waals surface area contributed by atoms with Crippen LogP contribution in [-0.2, 0) is 19.4 Å². The number of halogens is 1. The molecular formula is C15H20ClNO5S. The van der Waals surface area contributed by atoms with Gasteiger partial charge in [-0.2, -0.15) is 0 Å². The van der Waals surface area contributed by atoms with Crippen molar-refractivity contribution in [3.8, 4) is 0 Å². The molecule has 0 heterocycles. The zero-order valence-corrected chi connectivity index (χ0v) is 14.6. The van der Waals surface area contributed by atoms with E-state index in [0.717, 1.165) is 0 Å².